The highest BCUT2D eigenvalue weighted by Crippen LogP contribution is 2.61. The van der Waals surface area contributed by atoms with Crippen LogP contribution in [0.2, 0.25) is 0 Å². The van der Waals surface area contributed by atoms with Gasteiger partial charge >= 0.3 is 11.9 Å². The summed E-state index contributed by atoms with van der Waals surface area (Å²) in [5.74, 6) is -1.95. The number of carbonyl (C=O) groups excluding carboxylic acids is 1. The van der Waals surface area contributed by atoms with Gasteiger partial charge in [-0.25, -0.2) is 0 Å². The van der Waals surface area contributed by atoms with Gasteiger partial charge < -0.3 is 9.84 Å². The van der Waals surface area contributed by atoms with Crippen molar-refractivity contribution in [2.45, 2.75) is 12.3 Å². The number of carboxylic acid groups (broad SMARTS) is 1. The Labute approximate surface area is 90.5 Å². The summed E-state index contributed by atoms with van der Waals surface area (Å²) in [4.78, 5) is 23.5. The summed E-state index contributed by atoms with van der Waals surface area (Å²) in [7, 11) is 1.22. The molecule has 4 nitrogen and oxygen atoms in total. The first-order valence-corrected chi connectivity index (χ1v) is 5.36. The largest absolute Gasteiger partial charge is 0.480 e. The zero-order valence-electron chi connectivity index (χ0n) is 8.10. The molecular weight excluding hydrogens is 216 g/mol. The fourth-order valence-corrected chi connectivity index (χ4v) is 2.75. The number of aliphatic carboxylic acids is 1. The van der Waals surface area contributed by atoms with Gasteiger partial charge in [-0.2, -0.15) is 0 Å². The van der Waals surface area contributed by atoms with Crippen LogP contribution < -0.4 is 0 Å². The lowest BCUT2D eigenvalue weighted by atomic mass is 10.0. The molecule has 0 amide bonds. The molecule has 0 saturated heterocycles. The Morgan fingerprint density at radius 2 is 2.40 bits per heavy atom. The molecule has 2 rings (SSSR count). The van der Waals surface area contributed by atoms with Crippen LogP contribution in [0.25, 0.3) is 0 Å². The van der Waals surface area contributed by atoms with Crippen LogP contribution in [0.15, 0.2) is 17.5 Å². The van der Waals surface area contributed by atoms with Gasteiger partial charge in [-0.15, -0.1) is 11.3 Å². The summed E-state index contributed by atoms with van der Waals surface area (Å²) in [5.41, 5.74) is -1.33. The zero-order chi connectivity index (χ0) is 11.1. The quantitative estimate of drug-likeness (QED) is 0.626. The van der Waals surface area contributed by atoms with Crippen LogP contribution in [0, 0.1) is 5.41 Å². The van der Waals surface area contributed by atoms with E-state index in [4.69, 9.17) is 5.11 Å². The molecule has 1 heterocycles. The van der Waals surface area contributed by atoms with Gasteiger partial charge in [0.05, 0.1) is 7.11 Å². The number of rotatable bonds is 3. The molecule has 1 aromatic rings. The summed E-state index contributed by atoms with van der Waals surface area (Å²) >= 11 is 1.47. The Balaban J connectivity index is 2.28. The average molecular weight is 226 g/mol. The van der Waals surface area contributed by atoms with Crippen molar-refractivity contribution in [1.82, 2.24) is 0 Å². The molecule has 0 aliphatic heterocycles. The van der Waals surface area contributed by atoms with E-state index < -0.39 is 17.4 Å². The molecule has 1 saturated carbocycles. The van der Waals surface area contributed by atoms with E-state index in [-0.39, 0.29) is 5.92 Å². The summed E-state index contributed by atoms with van der Waals surface area (Å²) in [6.07, 6.45) is 0.343. The number of esters is 1. The second-order valence-electron chi connectivity index (χ2n) is 3.54. The maximum absolute atomic E-state index is 11.4. The molecule has 1 aromatic heterocycles. The number of hydrogen-bond acceptors (Lipinski definition) is 4. The molecular formula is C10H10O4S. The van der Waals surface area contributed by atoms with Crippen molar-refractivity contribution in [1.29, 1.82) is 0 Å². The van der Waals surface area contributed by atoms with Gasteiger partial charge in [0, 0.05) is 10.8 Å². The number of carboxylic acids is 1. The van der Waals surface area contributed by atoms with Gasteiger partial charge in [0.2, 0.25) is 0 Å². The smallest absolute Gasteiger partial charge is 0.323 e. The zero-order valence-corrected chi connectivity index (χ0v) is 8.91. The van der Waals surface area contributed by atoms with Crippen LogP contribution >= 0.6 is 11.3 Å². The van der Waals surface area contributed by atoms with Crippen LogP contribution in [0.1, 0.15) is 17.2 Å². The van der Waals surface area contributed by atoms with Gasteiger partial charge in [0.25, 0.3) is 0 Å². The summed E-state index contributed by atoms with van der Waals surface area (Å²) in [6, 6.07) is 3.70. The lowest BCUT2D eigenvalue weighted by molar-refractivity contribution is -0.159. The predicted molar refractivity (Wildman–Crippen MR) is 53.8 cm³/mol. The fourth-order valence-electron chi connectivity index (χ4n) is 1.83. The molecule has 1 aliphatic rings. The Morgan fingerprint density at radius 3 is 2.87 bits per heavy atom. The van der Waals surface area contributed by atoms with Crippen molar-refractivity contribution >= 4 is 23.3 Å². The van der Waals surface area contributed by atoms with E-state index in [1.54, 1.807) is 0 Å². The normalized spacial score (nSPS) is 28.5. The fraction of sp³-hybridized carbons (Fsp3) is 0.400. The molecule has 2 atom stereocenters. The molecule has 15 heavy (non-hydrogen) atoms. The third-order valence-electron chi connectivity index (χ3n) is 2.78. The minimum Gasteiger partial charge on any atom is -0.480 e. The van der Waals surface area contributed by atoms with E-state index in [0.717, 1.165) is 4.88 Å². The monoisotopic (exact) mass is 226 g/mol. The van der Waals surface area contributed by atoms with Crippen molar-refractivity contribution in [3.63, 3.8) is 0 Å². The Morgan fingerprint density at radius 1 is 1.67 bits per heavy atom. The molecule has 0 radical (unpaired) electrons. The third kappa shape index (κ3) is 1.34. The summed E-state index contributed by atoms with van der Waals surface area (Å²) < 4.78 is 4.55. The standard InChI is InChI=1S/C10H10O4S/c1-14-9(13)10(8(11)12)5-6(10)7-3-2-4-15-7/h2-4,6H,5H2,1H3,(H,11,12)/t6-,10-/m0/s1. The summed E-state index contributed by atoms with van der Waals surface area (Å²) in [6.45, 7) is 0. The molecule has 1 aliphatic carbocycles. The van der Waals surface area contributed by atoms with E-state index in [2.05, 4.69) is 4.74 Å². The lowest BCUT2D eigenvalue weighted by Crippen LogP contribution is -2.28. The van der Waals surface area contributed by atoms with Crippen molar-refractivity contribution in [2.75, 3.05) is 7.11 Å². The van der Waals surface area contributed by atoms with E-state index >= 15 is 0 Å². The topological polar surface area (TPSA) is 63.6 Å². The Kier molecular flexibility index (Phi) is 2.26. The van der Waals surface area contributed by atoms with Gasteiger partial charge in [0.15, 0.2) is 5.41 Å². The average Bonchev–Trinajstić information content (AvgIpc) is 2.76. The van der Waals surface area contributed by atoms with Crippen molar-refractivity contribution < 1.29 is 19.4 Å². The molecule has 5 heteroatoms. The second-order valence-corrected chi connectivity index (χ2v) is 4.52. The van der Waals surface area contributed by atoms with Crippen molar-refractivity contribution in [2.24, 2.45) is 5.41 Å². The van der Waals surface area contributed by atoms with E-state index in [1.807, 2.05) is 17.5 Å². The van der Waals surface area contributed by atoms with Gasteiger partial charge in [-0.3, -0.25) is 9.59 Å². The first-order chi connectivity index (χ1) is 7.13. The number of methoxy groups -OCH3 is 1. The Bertz CT molecular complexity index is 398. The van der Waals surface area contributed by atoms with Crippen LogP contribution in [-0.4, -0.2) is 24.2 Å². The van der Waals surface area contributed by atoms with Gasteiger partial charge in [0.1, 0.15) is 0 Å². The van der Waals surface area contributed by atoms with Crippen LogP contribution in [0.3, 0.4) is 0 Å². The second kappa shape index (κ2) is 3.34. The highest BCUT2D eigenvalue weighted by molar-refractivity contribution is 7.10. The first kappa shape index (κ1) is 10.2. The maximum atomic E-state index is 11.4. The molecule has 0 bridgehead atoms. The number of ether oxygens (including phenoxy) is 1. The van der Waals surface area contributed by atoms with Crippen molar-refractivity contribution in [3.05, 3.63) is 22.4 Å². The SMILES string of the molecule is COC(=O)[C@@]1(C(=O)O)C[C@H]1c1cccs1. The summed E-state index contributed by atoms with van der Waals surface area (Å²) in [5, 5.41) is 11.0. The van der Waals surface area contributed by atoms with Crippen LogP contribution in [-0.2, 0) is 14.3 Å². The number of carbonyl (C=O) groups is 2. The first-order valence-electron chi connectivity index (χ1n) is 4.48. The van der Waals surface area contributed by atoms with E-state index in [0.29, 0.717) is 6.42 Å². The van der Waals surface area contributed by atoms with Gasteiger partial charge in [-0.1, -0.05) is 6.07 Å². The molecule has 1 N–H and O–H groups in total. The molecule has 0 spiro atoms. The molecule has 0 aromatic carbocycles. The van der Waals surface area contributed by atoms with E-state index in [9.17, 15) is 9.59 Å². The highest BCUT2D eigenvalue weighted by Gasteiger charge is 2.68. The van der Waals surface area contributed by atoms with Crippen LogP contribution in [0.5, 0.6) is 0 Å². The third-order valence-corrected chi connectivity index (χ3v) is 3.76. The lowest BCUT2D eigenvalue weighted by Gasteiger charge is -2.08. The van der Waals surface area contributed by atoms with Crippen LogP contribution in [0.4, 0.5) is 0 Å². The molecule has 0 unspecified atom stereocenters. The minimum atomic E-state index is -1.33. The van der Waals surface area contributed by atoms with Crippen molar-refractivity contribution in [3.8, 4) is 0 Å². The number of thiophene rings is 1. The predicted octanol–water partition coefficient (Wildman–Crippen LogP) is 1.48. The van der Waals surface area contributed by atoms with E-state index in [1.165, 1.54) is 18.4 Å². The number of hydrogen-bond donors (Lipinski definition) is 1. The highest BCUT2D eigenvalue weighted by atomic mass is 32.1. The minimum absolute atomic E-state index is 0.220. The van der Waals surface area contributed by atoms with Gasteiger partial charge in [-0.05, 0) is 17.9 Å². The Hall–Kier alpha value is -1.36. The maximum Gasteiger partial charge on any atom is 0.323 e. The molecule has 1 fully saturated rings. The molecule has 80 valence electrons.